The summed E-state index contributed by atoms with van der Waals surface area (Å²) in [5.74, 6) is 2.74. The van der Waals surface area contributed by atoms with Gasteiger partial charge in [-0.05, 0) is 24.1 Å². The van der Waals surface area contributed by atoms with E-state index in [1.165, 1.54) is 5.56 Å². The van der Waals surface area contributed by atoms with Crippen LogP contribution in [-0.4, -0.2) is 11.0 Å². The lowest BCUT2D eigenvalue weighted by atomic mass is 10.1. The van der Waals surface area contributed by atoms with Gasteiger partial charge in [-0.1, -0.05) is 40.9 Å². The van der Waals surface area contributed by atoms with Crippen LogP contribution >= 0.6 is 15.9 Å². The first-order chi connectivity index (χ1) is 8.76. The molecular weight excluding hydrogens is 288 g/mol. The molecule has 0 spiro atoms. The third-order valence-corrected chi connectivity index (χ3v) is 3.64. The molecule has 0 saturated heterocycles. The Bertz CT molecular complexity index is 587. The molecule has 1 aromatic heterocycles. The van der Waals surface area contributed by atoms with Crippen LogP contribution in [0.15, 0.2) is 34.9 Å². The van der Waals surface area contributed by atoms with E-state index in [9.17, 15) is 0 Å². The van der Waals surface area contributed by atoms with E-state index in [2.05, 4.69) is 57.3 Å². The van der Waals surface area contributed by atoms with E-state index in [4.69, 9.17) is 6.42 Å². The van der Waals surface area contributed by atoms with Crippen molar-refractivity contribution in [3.05, 3.63) is 40.5 Å². The minimum atomic E-state index is 0.118. The van der Waals surface area contributed by atoms with Crippen molar-refractivity contribution in [3.8, 4) is 12.3 Å². The molecule has 3 heteroatoms. The summed E-state index contributed by atoms with van der Waals surface area (Å²) in [4.78, 5) is 4.45. The number of halogens is 1. The largest absolute Gasteiger partial charge is 0.300 e. The maximum atomic E-state index is 5.45. The highest BCUT2D eigenvalue weighted by Crippen LogP contribution is 2.25. The second-order valence-electron chi connectivity index (χ2n) is 4.11. The molecule has 0 aliphatic rings. The van der Waals surface area contributed by atoms with Crippen molar-refractivity contribution in [3.63, 3.8) is 0 Å². The molecule has 2 rings (SSSR count). The summed E-state index contributed by atoms with van der Waals surface area (Å²) in [6.07, 6.45) is 8.19. The van der Waals surface area contributed by atoms with Crippen LogP contribution in [0.25, 0.3) is 10.9 Å². The molecule has 2 nitrogen and oxygen atoms in total. The molecule has 0 bridgehead atoms. The zero-order chi connectivity index (χ0) is 13.0. The van der Waals surface area contributed by atoms with Gasteiger partial charge in [-0.2, -0.15) is 0 Å². The zero-order valence-electron chi connectivity index (χ0n) is 10.3. The van der Waals surface area contributed by atoms with Gasteiger partial charge in [0.15, 0.2) is 0 Å². The Morgan fingerprint density at radius 3 is 3.00 bits per heavy atom. The number of pyridine rings is 1. The van der Waals surface area contributed by atoms with Crippen molar-refractivity contribution in [1.29, 1.82) is 0 Å². The molecule has 1 unspecified atom stereocenters. The summed E-state index contributed by atoms with van der Waals surface area (Å²) >= 11 is 3.55. The van der Waals surface area contributed by atoms with Crippen LogP contribution in [0.4, 0.5) is 0 Å². The third-order valence-electron chi connectivity index (χ3n) is 2.95. The molecule has 1 atom stereocenters. The first kappa shape index (κ1) is 13.1. The topological polar surface area (TPSA) is 24.9 Å². The lowest BCUT2D eigenvalue weighted by Gasteiger charge is -2.12. The Balaban J connectivity index is 2.29. The summed E-state index contributed by atoms with van der Waals surface area (Å²) in [5.41, 5.74) is 2.19. The van der Waals surface area contributed by atoms with Gasteiger partial charge in [0.05, 0.1) is 11.6 Å². The number of nitrogens with one attached hydrogen (secondary N) is 1. The first-order valence-electron chi connectivity index (χ1n) is 5.98. The molecule has 0 fully saturated rings. The fourth-order valence-corrected chi connectivity index (χ4v) is 2.35. The molecule has 18 heavy (non-hydrogen) atoms. The normalized spacial score (nSPS) is 12.3. The number of terminal acetylenes is 1. The van der Waals surface area contributed by atoms with Crippen LogP contribution in [-0.2, 0) is 6.54 Å². The minimum Gasteiger partial charge on any atom is -0.300 e. The second-order valence-corrected chi connectivity index (χ2v) is 4.97. The second kappa shape index (κ2) is 5.99. The summed E-state index contributed by atoms with van der Waals surface area (Å²) < 4.78 is 1.07. The Hall–Kier alpha value is -1.37. The smallest absolute Gasteiger partial charge is 0.0758 e. The van der Waals surface area contributed by atoms with Crippen molar-refractivity contribution in [2.45, 2.75) is 25.9 Å². The van der Waals surface area contributed by atoms with Crippen molar-refractivity contribution < 1.29 is 0 Å². The van der Waals surface area contributed by atoms with Gasteiger partial charge in [0.1, 0.15) is 0 Å². The van der Waals surface area contributed by atoms with E-state index >= 15 is 0 Å². The summed E-state index contributed by atoms with van der Waals surface area (Å²) in [6, 6.07) is 8.26. The molecule has 0 radical (unpaired) electrons. The predicted octanol–water partition coefficient (Wildman–Crippen LogP) is 3.50. The van der Waals surface area contributed by atoms with Gasteiger partial charge >= 0.3 is 0 Å². The highest BCUT2D eigenvalue weighted by Gasteiger charge is 2.07. The number of rotatable bonds is 4. The van der Waals surface area contributed by atoms with E-state index in [0.717, 1.165) is 28.3 Å². The highest BCUT2D eigenvalue weighted by atomic mass is 79.9. The van der Waals surface area contributed by atoms with E-state index < -0.39 is 0 Å². The Kier molecular flexibility index (Phi) is 4.35. The van der Waals surface area contributed by atoms with E-state index in [0.29, 0.717) is 0 Å². The molecule has 0 aliphatic carbocycles. The van der Waals surface area contributed by atoms with Crippen molar-refractivity contribution >= 4 is 26.8 Å². The number of nitrogens with zero attached hydrogens (tertiary/aromatic N) is 1. The molecule has 0 aliphatic heterocycles. The van der Waals surface area contributed by atoms with Gasteiger partial charge in [-0.25, -0.2) is 0 Å². The Labute approximate surface area is 116 Å². The van der Waals surface area contributed by atoms with Crippen LogP contribution < -0.4 is 5.32 Å². The molecule has 1 N–H and O–H groups in total. The van der Waals surface area contributed by atoms with Gasteiger partial charge in [0.25, 0.3) is 0 Å². The molecule has 1 aromatic carbocycles. The third kappa shape index (κ3) is 2.72. The molecule has 1 heterocycles. The average molecular weight is 303 g/mol. The maximum absolute atomic E-state index is 5.45. The van der Waals surface area contributed by atoms with Crippen LogP contribution in [0.1, 0.15) is 18.9 Å². The zero-order valence-corrected chi connectivity index (χ0v) is 11.9. The summed E-state index contributed by atoms with van der Waals surface area (Å²) in [5, 5.41) is 4.49. The number of fused-ring (bicyclic) bond motifs is 1. The van der Waals surface area contributed by atoms with Crippen LogP contribution in [0.5, 0.6) is 0 Å². The van der Waals surface area contributed by atoms with Gasteiger partial charge in [-0.3, -0.25) is 10.3 Å². The van der Waals surface area contributed by atoms with Crippen molar-refractivity contribution in [1.82, 2.24) is 10.3 Å². The number of aromatic nitrogens is 1. The Morgan fingerprint density at radius 2 is 2.28 bits per heavy atom. The van der Waals surface area contributed by atoms with Crippen LogP contribution in [0, 0.1) is 12.3 Å². The average Bonchev–Trinajstić information content (AvgIpc) is 2.42. The van der Waals surface area contributed by atoms with Gasteiger partial charge in [-0.15, -0.1) is 6.42 Å². The van der Waals surface area contributed by atoms with E-state index in [1.807, 2.05) is 12.3 Å². The van der Waals surface area contributed by atoms with Crippen molar-refractivity contribution in [2.24, 2.45) is 0 Å². The monoisotopic (exact) mass is 302 g/mol. The fraction of sp³-hybridized carbons (Fsp3) is 0.267. The summed E-state index contributed by atoms with van der Waals surface area (Å²) in [7, 11) is 0. The standard InChI is InChI=1S/C15H15BrN2/c1-3-12(4-2)18-10-11-7-8-14(16)13-6-5-9-17-15(11)13/h1,5-9,12,18H,4,10H2,2H3. The number of benzene rings is 1. The summed E-state index contributed by atoms with van der Waals surface area (Å²) in [6.45, 7) is 2.82. The fourth-order valence-electron chi connectivity index (χ4n) is 1.89. The highest BCUT2D eigenvalue weighted by molar-refractivity contribution is 9.10. The maximum Gasteiger partial charge on any atom is 0.0758 e. The lowest BCUT2D eigenvalue weighted by molar-refractivity contribution is 0.594. The number of hydrogen-bond acceptors (Lipinski definition) is 2. The molecular formula is C15H15BrN2. The molecule has 2 aromatic rings. The van der Waals surface area contributed by atoms with Gasteiger partial charge in [0.2, 0.25) is 0 Å². The van der Waals surface area contributed by atoms with Gasteiger partial charge < -0.3 is 0 Å². The van der Waals surface area contributed by atoms with Crippen LogP contribution in [0.2, 0.25) is 0 Å². The van der Waals surface area contributed by atoms with Crippen LogP contribution in [0.3, 0.4) is 0 Å². The van der Waals surface area contributed by atoms with Crippen molar-refractivity contribution in [2.75, 3.05) is 0 Å². The first-order valence-corrected chi connectivity index (χ1v) is 6.77. The molecule has 0 saturated carbocycles. The Morgan fingerprint density at radius 1 is 1.44 bits per heavy atom. The SMILES string of the molecule is C#CC(CC)NCc1ccc(Br)c2cccnc12. The van der Waals surface area contributed by atoms with E-state index in [1.54, 1.807) is 0 Å². The quantitative estimate of drug-likeness (QED) is 0.875. The minimum absolute atomic E-state index is 0.118. The number of hydrogen-bond donors (Lipinski definition) is 1. The predicted molar refractivity (Wildman–Crippen MR) is 79.2 cm³/mol. The van der Waals surface area contributed by atoms with E-state index in [-0.39, 0.29) is 6.04 Å². The molecule has 92 valence electrons. The molecule has 0 amide bonds. The lowest BCUT2D eigenvalue weighted by Crippen LogP contribution is -2.26. The van der Waals surface area contributed by atoms with Gasteiger partial charge in [0, 0.05) is 22.6 Å².